The van der Waals surface area contributed by atoms with Crippen LogP contribution < -0.4 is 0 Å². The van der Waals surface area contributed by atoms with Crippen molar-refractivity contribution in [2.45, 2.75) is 45.7 Å². The van der Waals surface area contributed by atoms with Gasteiger partial charge in [0, 0.05) is 13.1 Å². The minimum Gasteiger partial charge on any atom is -0.465 e. The number of hydrogen-bond donors (Lipinski definition) is 0. The van der Waals surface area contributed by atoms with E-state index in [1.165, 1.54) is 6.92 Å². The third-order valence-corrected chi connectivity index (χ3v) is 4.37. The van der Waals surface area contributed by atoms with Crippen LogP contribution in [-0.4, -0.2) is 56.2 Å². The molecule has 1 atom stereocenters. The lowest BCUT2D eigenvalue weighted by Crippen LogP contribution is -2.51. The summed E-state index contributed by atoms with van der Waals surface area (Å²) in [5.74, 6) is -1.81. The Bertz CT molecular complexity index is 725. The molecule has 0 N–H and O–H groups in total. The first-order valence-electron chi connectivity index (χ1n) is 7.90. The molecular formula is C15H22F3NO7S. The molecule has 0 aromatic rings. The number of esters is 1. The second-order valence-corrected chi connectivity index (χ2v) is 8.50. The van der Waals surface area contributed by atoms with Gasteiger partial charge in [0.25, 0.3) is 0 Å². The van der Waals surface area contributed by atoms with Crippen LogP contribution in [0.25, 0.3) is 0 Å². The highest BCUT2D eigenvalue weighted by Crippen LogP contribution is 2.38. The molecule has 1 aliphatic heterocycles. The van der Waals surface area contributed by atoms with Crippen molar-refractivity contribution in [3.05, 3.63) is 11.8 Å². The number of ether oxygens (including phenoxy) is 2. The van der Waals surface area contributed by atoms with Crippen molar-refractivity contribution in [3.8, 4) is 0 Å². The van der Waals surface area contributed by atoms with E-state index in [0.29, 0.717) is 0 Å². The maximum atomic E-state index is 12.6. The summed E-state index contributed by atoms with van der Waals surface area (Å²) in [6, 6.07) is 0. The molecule has 1 amide bonds. The van der Waals surface area contributed by atoms with Crippen LogP contribution in [-0.2, 0) is 28.6 Å². The van der Waals surface area contributed by atoms with Crippen LogP contribution in [0.3, 0.4) is 0 Å². The molecular weight excluding hydrogens is 395 g/mol. The Hall–Kier alpha value is -1.98. The van der Waals surface area contributed by atoms with Gasteiger partial charge in [-0.15, -0.1) is 0 Å². The quantitative estimate of drug-likeness (QED) is 0.394. The van der Waals surface area contributed by atoms with Gasteiger partial charge in [-0.05, 0) is 40.7 Å². The van der Waals surface area contributed by atoms with Gasteiger partial charge in [-0.3, -0.25) is 4.79 Å². The number of carbonyl (C=O) groups is 2. The van der Waals surface area contributed by atoms with Crippen molar-refractivity contribution >= 4 is 22.2 Å². The van der Waals surface area contributed by atoms with Gasteiger partial charge >= 0.3 is 27.7 Å². The summed E-state index contributed by atoms with van der Waals surface area (Å²) in [6.07, 6.45) is 0.0835. The van der Waals surface area contributed by atoms with E-state index >= 15 is 0 Å². The average Bonchev–Trinajstić information content (AvgIpc) is 2.46. The lowest BCUT2D eigenvalue weighted by atomic mass is 9.85. The van der Waals surface area contributed by atoms with E-state index in [2.05, 4.69) is 4.18 Å². The summed E-state index contributed by atoms with van der Waals surface area (Å²) in [6.45, 7) is 6.51. The molecule has 27 heavy (non-hydrogen) atoms. The molecule has 1 aliphatic rings. The number of alkyl halides is 3. The molecule has 0 aromatic carbocycles. The predicted octanol–water partition coefficient (Wildman–Crippen LogP) is 2.56. The lowest BCUT2D eigenvalue weighted by Gasteiger charge is -2.38. The number of carbonyl (C=O) groups excluding carboxylic acids is 2. The molecule has 0 saturated carbocycles. The van der Waals surface area contributed by atoms with Crippen molar-refractivity contribution in [1.82, 2.24) is 4.90 Å². The van der Waals surface area contributed by atoms with Crippen LogP contribution in [0.15, 0.2) is 11.8 Å². The van der Waals surface area contributed by atoms with E-state index in [4.69, 9.17) is 9.47 Å². The van der Waals surface area contributed by atoms with E-state index in [0.717, 1.165) is 17.9 Å². The Balaban J connectivity index is 3.25. The summed E-state index contributed by atoms with van der Waals surface area (Å²) in [4.78, 5) is 25.6. The highest BCUT2D eigenvalue weighted by molar-refractivity contribution is 7.87. The van der Waals surface area contributed by atoms with E-state index < -0.39 is 51.0 Å². The number of hydrogen-bond acceptors (Lipinski definition) is 7. The minimum absolute atomic E-state index is 0.111. The summed E-state index contributed by atoms with van der Waals surface area (Å²) >= 11 is 0. The van der Waals surface area contributed by atoms with Gasteiger partial charge < -0.3 is 18.6 Å². The summed E-state index contributed by atoms with van der Waals surface area (Å²) < 4.78 is 74.8. The number of nitrogens with zero attached hydrogens (tertiary/aromatic N) is 1. The minimum atomic E-state index is -5.99. The van der Waals surface area contributed by atoms with Crippen molar-refractivity contribution in [1.29, 1.82) is 0 Å². The van der Waals surface area contributed by atoms with E-state index in [-0.39, 0.29) is 13.2 Å². The highest BCUT2D eigenvalue weighted by Gasteiger charge is 2.53. The fourth-order valence-electron chi connectivity index (χ4n) is 2.16. The van der Waals surface area contributed by atoms with Gasteiger partial charge in [0.05, 0.1) is 6.61 Å². The molecule has 0 aromatic heterocycles. The molecule has 1 heterocycles. The van der Waals surface area contributed by atoms with Crippen LogP contribution in [0.2, 0.25) is 0 Å². The molecule has 1 rings (SSSR count). The predicted molar refractivity (Wildman–Crippen MR) is 86.7 cm³/mol. The van der Waals surface area contributed by atoms with E-state index in [9.17, 15) is 31.2 Å². The van der Waals surface area contributed by atoms with Crippen molar-refractivity contribution in [3.63, 3.8) is 0 Å². The van der Waals surface area contributed by atoms with Crippen molar-refractivity contribution in [2.75, 3.05) is 19.7 Å². The topological polar surface area (TPSA) is 99.2 Å². The molecule has 0 radical (unpaired) electrons. The largest absolute Gasteiger partial charge is 0.534 e. The first kappa shape index (κ1) is 23.1. The molecule has 0 aliphatic carbocycles. The third-order valence-electron chi connectivity index (χ3n) is 3.41. The SMILES string of the molecule is CCOC(=O)[C@]1(C)CN(C(=O)OC(C)(C)C)CC=C1OS(=O)(=O)C(F)(F)F. The second-order valence-electron chi connectivity index (χ2n) is 6.97. The third kappa shape index (κ3) is 5.50. The summed E-state index contributed by atoms with van der Waals surface area (Å²) in [5.41, 5.74) is -8.49. The molecule has 12 heteroatoms. The maximum absolute atomic E-state index is 12.6. The van der Waals surface area contributed by atoms with Crippen LogP contribution in [0.1, 0.15) is 34.6 Å². The van der Waals surface area contributed by atoms with Crippen LogP contribution in [0.5, 0.6) is 0 Å². The van der Waals surface area contributed by atoms with Crippen LogP contribution in [0, 0.1) is 5.41 Å². The zero-order valence-corrected chi connectivity index (χ0v) is 16.4. The lowest BCUT2D eigenvalue weighted by molar-refractivity contribution is -0.155. The molecule has 0 unspecified atom stereocenters. The Morgan fingerprint density at radius 2 is 1.81 bits per heavy atom. The smallest absolute Gasteiger partial charge is 0.465 e. The second kappa shape index (κ2) is 7.56. The number of rotatable bonds is 4. The Morgan fingerprint density at radius 1 is 1.26 bits per heavy atom. The maximum Gasteiger partial charge on any atom is 0.534 e. The van der Waals surface area contributed by atoms with E-state index in [1.807, 2.05) is 0 Å². The Morgan fingerprint density at radius 3 is 2.26 bits per heavy atom. The fourth-order valence-corrected chi connectivity index (χ4v) is 2.74. The molecule has 0 spiro atoms. The van der Waals surface area contributed by atoms with Gasteiger partial charge in [-0.2, -0.15) is 21.6 Å². The van der Waals surface area contributed by atoms with Gasteiger partial charge in [0.1, 0.15) is 16.8 Å². The molecule has 0 bridgehead atoms. The summed E-state index contributed by atoms with van der Waals surface area (Å²) in [7, 11) is -5.99. The number of amides is 1. The summed E-state index contributed by atoms with van der Waals surface area (Å²) in [5, 5.41) is 0. The highest BCUT2D eigenvalue weighted by atomic mass is 32.2. The zero-order valence-electron chi connectivity index (χ0n) is 15.5. The van der Waals surface area contributed by atoms with Crippen LogP contribution in [0.4, 0.5) is 18.0 Å². The normalized spacial score (nSPS) is 21.3. The molecule has 0 saturated heterocycles. The number of halogens is 3. The van der Waals surface area contributed by atoms with E-state index in [1.54, 1.807) is 20.8 Å². The molecule has 0 fully saturated rings. The van der Waals surface area contributed by atoms with Gasteiger partial charge in [0.15, 0.2) is 0 Å². The first-order valence-corrected chi connectivity index (χ1v) is 9.31. The zero-order chi connectivity index (χ0) is 21.3. The van der Waals surface area contributed by atoms with Crippen molar-refractivity contribution < 1.29 is 44.8 Å². The van der Waals surface area contributed by atoms with Crippen molar-refractivity contribution in [2.24, 2.45) is 5.41 Å². The first-order chi connectivity index (χ1) is 12.0. The Kier molecular flexibility index (Phi) is 6.46. The Labute approximate surface area is 155 Å². The van der Waals surface area contributed by atoms with Gasteiger partial charge in [0.2, 0.25) is 0 Å². The monoisotopic (exact) mass is 417 g/mol. The molecule has 8 nitrogen and oxygen atoms in total. The standard InChI is InChI=1S/C15H22F3NO7S/c1-6-24-11(20)14(5)9-19(12(21)25-13(2,3)4)8-7-10(14)26-27(22,23)15(16,17)18/h7H,6,8-9H2,1-5H3/t14-/m1/s1. The van der Waals surface area contributed by atoms with Gasteiger partial charge in [-0.25, -0.2) is 4.79 Å². The average molecular weight is 417 g/mol. The fraction of sp³-hybridized carbons (Fsp3) is 0.733. The van der Waals surface area contributed by atoms with Gasteiger partial charge in [-0.1, -0.05) is 0 Å². The molecule has 156 valence electrons. The van der Waals surface area contributed by atoms with Crippen LogP contribution >= 0.6 is 0 Å².